The van der Waals surface area contributed by atoms with Gasteiger partial charge in [0.05, 0.1) is 6.42 Å². The lowest BCUT2D eigenvalue weighted by Gasteiger charge is -2.02. The van der Waals surface area contributed by atoms with Crippen molar-refractivity contribution >= 4 is 44.9 Å². The topological polar surface area (TPSA) is 76.2 Å². The average Bonchev–Trinajstić information content (AvgIpc) is 3.19. The first kappa shape index (κ1) is 15.6. The molecule has 3 rings (SSSR count). The lowest BCUT2D eigenvalue weighted by Crippen LogP contribution is -1.97. The molecule has 0 aliphatic heterocycles. The van der Waals surface area contributed by atoms with Crippen molar-refractivity contribution in [2.24, 2.45) is 0 Å². The van der Waals surface area contributed by atoms with E-state index >= 15 is 0 Å². The fraction of sp³-hybridized carbons (Fsp3) is 0.0625. The van der Waals surface area contributed by atoms with E-state index in [9.17, 15) is 4.79 Å². The fourth-order valence-corrected chi connectivity index (χ4v) is 3.03. The van der Waals surface area contributed by atoms with Crippen LogP contribution in [0.1, 0.15) is 17.9 Å². The predicted octanol–water partition coefficient (Wildman–Crippen LogP) is 4.58. The molecule has 116 valence electrons. The highest BCUT2D eigenvalue weighted by Gasteiger charge is 2.16. The van der Waals surface area contributed by atoms with E-state index in [1.54, 1.807) is 6.08 Å². The van der Waals surface area contributed by atoms with Gasteiger partial charge in [-0.2, -0.15) is 16.3 Å². The van der Waals surface area contributed by atoms with Gasteiger partial charge in [-0.25, -0.2) is 0 Å². The second-order valence-electron chi connectivity index (χ2n) is 4.70. The monoisotopic (exact) mass is 390 g/mol. The van der Waals surface area contributed by atoms with Crippen molar-refractivity contribution in [3.8, 4) is 11.4 Å². The van der Waals surface area contributed by atoms with Crippen molar-refractivity contribution < 1.29 is 14.4 Å². The maximum absolute atomic E-state index is 11.2. The highest BCUT2D eigenvalue weighted by Crippen LogP contribution is 2.27. The van der Waals surface area contributed by atoms with E-state index in [2.05, 4.69) is 26.1 Å². The first-order chi connectivity index (χ1) is 11.1. The van der Waals surface area contributed by atoms with Crippen LogP contribution in [0.4, 0.5) is 0 Å². The summed E-state index contributed by atoms with van der Waals surface area (Å²) in [6, 6.07) is 9.41. The summed E-state index contributed by atoms with van der Waals surface area (Å²) in [4.78, 5) is 15.5. The molecule has 0 unspecified atom stereocenters. The summed E-state index contributed by atoms with van der Waals surface area (Å²) >= 11 is 4.97. The molecule has 0 fully saturated rings. The highest BCUT2D eigenvalue weighted by molar-refractivity contribution is 9.10. The minimum Gasteiger partial charge on any atom is -0.481 e. The number of thiophene rings is 1. The molecule has 0 aliphatic carbocycles. The van der Waals surface area contributed by atoms with Gasteiger partial charge in [0, 0.05) is 21.0 Å². The summed E-state index contributed by atoms with van der Waals surface area (Å²) in [5.41, 5.74) is 2.15. The van der Waals surface area contributed by atoms with Gasteiger partial charge in [-0.3, -0.25) is 4.79 Å². The normalized spacial score (nSPS) is 11.6. The Kier molecular flexibility index (Phi) is 4.68. The number of hydrogen-bond acceptors (Lipinski definition) is 5. The van der Waals surface area contributed by atoms with Gasteiger partial charge in [0.1, 0.15) is 0 Å². The van der Waals surface area contributed by atoms with Crippen LogP contribution in [0.2, 0.25) is 0 Å². The smallest absolute Gasteiger partial charge is 0.308 e. The molecule has 7 heteroatoms. The third-order valence-electron chi connectivity index (χ3n) is 3.06. The summed E-state index contributed by atoms with van der Waals surface area (Å²) in [5, 5.41) is 16.9. The molecule has 1 N–H and O–H groups in total. The number of nitrogens with zero attached hydrogens (tertiary/aromatic N) is 2. The van der Waals surface area contributed by atoms with E-state index < -0.39 is 5.97 Å². The highest BCUT2D eigenvalue weighted by atomic mass is 79.9. The van der Waals surface area contributed by atoms with Gasteiger partial charge in [0.15, 0.2) is 0 Å². The van der Waals surface area contributed by atoms with E-state index in [1.165, 1.54) is 11.3 Å². The van der Waals surface area contributed by atoms with E-state index in [-0.39, 0.29) is 12.3 Å². The van der Waals surface area contributed by atoms with Gasteiger partial charge >= 0.3 is 5.97 Å². The van der Waals surface area contributed by atoms with Gasteiger partial charge in [0.2, 0.25) is 5.82 Å². The molecule has 23 heavy (non-hydrogen) atoms. The number of carboxylic acids is 1. The summed E-state index contributed by atoms with van der Waals surface area (Å²) in [6.07, 6.45) is 1.54. The fourth-order valence-electron chi connectivity index (χ4n) is 1.99. The SMILES string of the molecule is O=C(O)C/C(=C\c1ccccc1Br)c1nc(-c2ccsc2)no1. The van der Waals surface area contributed by atoms with E-state index in [0.717, 1.165) is 15.6 Å². The zero-order chi connectivity index (χ0) is 16.2. The van der Waals surface area contributed by atoms with Crippen LogP contribution in [0, 0.1) is 0 Å². The van der Waals surface area contributed by atoms with E-state index in [0.29, 0.717) is 11.4 Å². The molecule has 0 atom stereocenters. The molecule has 0 saturated heterocycles. The summed E-state index contributed by atoms with van der Waals surface area (Å²) in [5.74, 6) is -0.299. The van der Waals surface area contributed by atoms with Crippen LogP contribution in [0.5, 0.6) is 0 Å². The minimum atomic E-state index is -0.960. The number of halogens is 1. The van der Waals surface area contributed by atoms with Crippen molar-refractivity contribution in [2.45, 2.75) is 6.42 Å². The van der Waals surface area contributed by atoms with Crippen LogP contribution in [0.3, 0.4) is 0 Å². The Morgan fingerprint density at radius 1 is 1.35 bits per heavy atom. The van der Waals surface area contributed by atoms with Crippen LogP contribution >= 0.6 is 27.3 Å². The Bertz CT molecular complexity index is 856. The first-order valence-corrected chi connectivity index (χ1v) is 8.40. The molecule has 1 aromatic carbocycles. The standard InChI is InChI=1S/C16H11BrN2O3S/c17-13-4-2-1-3-10(13)7-12(8-14(20)21)16-18-15(19-22-16)11-5-6-23-9-11/h1-7,9H,8H2,(H,20,21)/b12-7+. The minimum absolute atomic E-state index is 0.202. The summed E-state index contributed by atoms with van der Waals surface area (Å²) in [7, 11) is 0. The predicted molar refractivity (Wildman–Crippen MR) is 91.9 cm³/mol. The third kappa shape index (κ3) is 3.75. The molecular formula is C16H11BrN2O3S. The Labute approximate surface area is 144 Å². The largest absolute Gasteiger partial charge is 0.481 e. The molecule has 0 spiro atoms. The van der Waals surface area contributed by atoms with Crippen LogP contribution in [0.25, 0.3) is 23.0 Å². The molecule has 0 radical (unpaired) electrons. The Morgan fingerprint density at radius 2 is 2.17 bits per heavy atom. The van der Waals surface area contributed by atoms with Gasteiger partial charge < -0.3 is 9.63 Å². The maximum Gasteiger partial charge on any atom is 0.308 e. The second kappa shape index (κ2) is 6.89. The number of hydrogen-bond donors (Lipinski definition) is 1. The molecule has 2 heterocycles. The second-order valence-corrected chi connectivity index (χ2v) is 6.33. The lowest BCUT2D eigenvalue weighted by molar-refractivity contribution is -0.135. The molecule has 0 aliphatic rings. The maximum atomic E-state index is 11.2. The van der Waals surface area contributed by atoms with Gasteiger partial charge in [0.25, 0.3) is 5.89 Å². The number of carboxylic acid groups (broad SMARTS) is 1. The number of rotatable bonds is 5. The molecule has 0 amide bonds. The molecule has 0 saturated carbocycles. The van der Waals surface area contributed by atoms with Crippen LogP contribution < -0.4 is 0 Å². The van der Waals surface area contributed by atoms with Crippen LogP contribution in [0.15, 0.2) is 50.1 Å². The van der Waals surface area contributed by atoms with Crippen molar-refractivity contribution in [3.05, 3.63) is 57.0 Å². The third-order valence-corrected chi connectivity index (χ3v) is 4.46. The molecule has 2 aromatic heterocycles. The van der Waals surface area contributed by atoms with Crippen LogP contribution in [-0.4, -0.2) is 21.2 Å². The van der Waals surface area contributed by atoms with Gasteiger partial charge in [-0.15, -0.1) is 0 Å². The summed E-state index contributed by atoms with van der Waals surface area (Å²) in [6.45, 7) is 0. The molecular weight excluding hydrogens is 380 g/mol. The van der Waals surface area contributed by atoms with E-state index in [1.807, 2.05) is 41.1 Å². The lowest BCUT2D eigenvalue weighted by atomic mass is 10.1. The van der Waals surface area contributed by atoms with Crippen molar-refractivity contribution in [2.75, 3.05) is 0 Å². The van der Waals surface area contributed by atoms with Gasteiger partial charge in [-0.05, 0) is 29.2 Å². The number of aromatic nitrogens is 2. The average molecular weight is 391 g/mol. The van der Waals surface area contributed by atoms with E-state index in [4.69, 9.17) is 9.63 Å². The number of aliphatic carboxylic acids is 1. The van der Waals surface area contributed by atoms with Gasteiger partial charge in [-0.1, -0.05) is 39.3 Å². The Morgan fingerprint density at radius 3 is 2.87 bits per heavy atom. The zero-order valence-corrected chi connectivity index (χ0v) is 14.2. The summed E-state index contributed by atoms with van der Waals surface area (Å²) < 4.78 is 6.12. The van der Waals surface area contributed by atoms with Crippen molar-refractivity contribution in [1.29, 1.82) is 0 Å². The zero-order valence-electron chi connectivity index (χ0n) is 11.8. The molecule has 3 aromatic rings. The first-order valence-electron chi connectivity index (χ1n) is 6.67. The quantitative estimate of drug-likeness (QED) is 0.689. The molecule has 5 nitrogen and oxygen atoms in total. The van der Waals surface area contributed by atoms with Crippen molar-refractivity contribution in [3.63, 3.8) is 0 Å². The molecule has 0 bridgehead atoms. The Hall–Kier alpha value is -2.25. The van der Waals surface area contributed by atoms with Crippen molar-refractivity contribution in [1.82, 2.24) is 10.1 Å². The van der Waals surface area contributed by atoms with Crippen LogP contribution in [-0.2, 0) is 4.79 Å². The number of carbonyl (C=O) groups is 1. The Balaban J connectivity index is 2.00. The number of benzene rings is 1.